The van der Waals surface area contributed by atoms with Crippen LogP contribution < -0.4 is 10.6 Å². The highest BCUT2D eigenvalue weighted by Crippen LogP contribution is 2.16. The molecule has 7 nitrogen and oxygen atoms in total. The van der Waals surface area contributed by atoms with Crippen molar-refractivity contribution in [1.29, 1.82) is 0 Å². The Balaban J connectivity index is 0.00000480. The second-order valence-corrected chi connectivity index (χ2v) is 10.4. The highest BCUT2D eigenvalue weighted by molar-refractivity contribution is 14.0. The molecule has 1 atom stereocenters. The predicted molar refractivity (Wildman–Crippen MR) is 139 cm³/mol. The maximum absolute atomic E-state index is 11.3. The molecule has 1 saturated heterocycles. The van der Waals surface area contributed by atoms with Crippen LogP contribution in [0.4, 0.5) is 0 Å². The maximum atomic E-state index is 11.3. The largest absolute Gasteiger partial charge is 0.378 e. The Morgan fingerprint density at radius 1 is 1.26 bits per heavy atom. The molecule has 0 aliphatic carbocycles. The van der Waals surface area contributed by atoms with Crippen LogP contribution in [-0.4, -0.2) is 76.7 Å². The Hall–Kier alpha value is -0.910. The summed E-state index contributed by atoms with van der Waals surface area (Å²) in [7, 11) is -1.22. The van der Waals surface area contributed by atoms with Crippen LogP contribution in [0.15, 0.2) is 35.3 Å². The number of hydrogen-bond donors (Lipinski definition) is 2. The monoisotopic (exact) mass is 566 g/mol. The molecule has 9 heteroatoms. The minimum atomic E-state index is -2.94. The molecule has 0 saturated carbocycles. The van der Waals surface area contributed by atoms with E-state index in [0.29, 0.717) is 18.5 Å². The van der Waals surface area contributed by atoms with E-state index >= 15 is 0 Å². The number of halogens is 1. The highest BCUT2D eigenvalue weighted by Gasteiger charge is 2.19. The predicted octanol–water partition coefficient (Wildman–Crippen LogP) is 2.66. The molecule has 2 N–H and O–H groups in total. The lowest BCUT2D eigenvalue weighted by molar-refractivity contribution is 0.00534. The lowest BCUT2D eigenvalue weighted by Gasteiger charge is -2.32. The molecule has 0 amide bonds. The maximum Gasteiger partial charge on any atom is 0.191 e. The highest BCUT2D eigenvalue weighted by atomic mass is 127. The fraction of sp³-hybridized carbons (Fsp3) is 0.682. The summed E-state index contributed by atoms with van der Waals surface area (Å²) in [6.45, 7) is 6.65. The molecular weight excluding hydrogens is 527 g/mol. The third-order valence-electron chi connectivity index (χ3n) is 5.28. The summed E-state index contributed by atoms with van der Waals surface area (Å²) >= 11 is 0. The summed E-state index contributed by atoms with van der Waals surface area (Å²) in [6.07, 6.45) is 5.25. The minimum Gasteiger partial charge on any atom is -0.378 e. The first-order valence-corrected chi connectivity index (χ1v) is 12.9. The standard InChI is InChI=1S/C22H38N4O3S.HI/c1-19(12-17-30(3,27)28)25-22(23-2)24-13-7-16-29-21-10-14-26(15-11-21)18-20-8-5-4-6-9-20;/h4-6,8-9,19,21H,7,10-18H2,1-3H3,(H2,23,24,25);1H. The number of rotatable bonds is 11. The van der Waals surface area contributed by atoms with Crippen LogP contribution in [-0.2, 0) is 21.1 Å². The number of likely N-dealkylation sites (tertiary alicyclic amines) is 1. The van der Waals surface area contributed by atoms with Gasteiger partial charge in [0.2, 0.25) is 0 Å². The molecule has 1 aromatic carbocycles. The first-order chi connectivity index (χ1) is 14.4. The van der Waals surface area contributed by atoms with Crippen molar-refractivity contribution in [2.75, 3.05) is 45.3 Å². The first-order valence-electron chi connectivity index (χ1n) is 10.9. The molecular formula is C22H39IN4O3S. The topological polar surface area (TPSA) is 83.0 Å². The van der Waals surface area contributed by atoms with Gasteiger partial charge >= 0.3 is 0 Å². The van der Waals surface area contributed by atoms with Crippen LogP contribution in [0.2, 0.25) is 0 Å². The third-order valence-corrected chi connectivity index (χ3v) is 6.26. The number of nitrogens with one attached hydrogen (secondary N) is 2. The van der Waals surface area contributed by atoms with Gasteiger partial charge < -0.3 is 15.4 Å². The van der Waals surface area contributed by atoms with E-state index in [1.807, 2.05) is 6.92 Å². The fourth-order valence-corrected chi connectivity index (χ4v) is 4.28. The second kappa shape index (κ2) is 15.0. The zero-order valence-electron chi connectivity index (χ0n) is 19.0. The van der Waals surface area contributed by atoms with Gasteiger partial charge in [-0.05, 0) is 38.2 Å². The third kappa shape index (κ3) is 12.6. The molecule has 1 fully saturated rings. The number of hydrogen-bond acceptors (Lipinski definition) is 5. The van der Waals surface area contributed by atoms with Gasteiger partial charge in [0, 0.05) is 52.1 Å². The average molecular weight is 567 g/mol. The fourth-order valence-electron chi connectivity index (χ4n) is 3.50. The van der Waals surface area contributed by atoms with Crippen molar-refractivity contribution in [3.05, 3.63) is 35.9 Å². The van der Waals surface area contributed by atoms with Crippen molar-refractivity contribution in [1.82, 2.24) is 15.5 Å². The number of aliphatic imine (C=N–C) groups is 1. The molecule has 1 unspecified atom stereocenters. The van der Waals surface area contributed by atoms with E-state index in [0.717, 1.165) is 52.0 Å². The Bertz CT molecular complexity index is 738. The van der Waals surface area contributed by atoms with Crippen LogP contribution in [0, 0.1) is 0 Å². The Morgan fingerprint density at radius 2 is 1.94 bits per heavy atom. The van der Waals surface area contributed by atoms with E-state index in [2.05, 4.69) is 50.9 Å². The quantitative estimate of drug-likeness (QED) is 0.186. The van der Waals surface area contributed by atoms with E-state index in [-0.39, 0.29) is 35.8 Å². The summed E-state index contributed by atoms with van der Waals surface area (Å²) in [5.74, 6) is 0.876. The molecule has 1 heterocycles. The minimum absolute atomic E-state index is 0. The van der Waals surface area contributed by atoms with Crippen LogP contribution in [0.3, 0.4) is 0 Å². The van der Waals surface area contributed by atoms with Crippen molar-refractivity contribution >= 4 is 39.8 Å². The molecule has 178 valence electrons. The molecule has 0 spiro atoms. The first kappa shape index (κ1) is 28.1. The number of piperidine rings is 1. The molecule has 1 aliphatic heterocycles. The Morgan fingerprint density at radius 3 is 2.55 bits per heavy atom. The van der Waals surface area contributed by atoms with E-state index < -0.39 is 9.84 Å². The van der Waals surface area contributed by atoms with Crippen LogP contribution in [0.5, 0.6) is 0 Å². The van der Waals surface area contributed by atoms with Crippen molar-refractivity contribution in [3.8, 4) is 0 Å². The van der Waals surface area contributed by atoms with Gasteiger partial charge in [-0.2, -0.15) is 0 Å². The van der Waals surface area contributed by atoms with E-state index in [1.165, 1.54) is 11.8 Å². The normalized spacial score (nSPS) is 17.1. The lowest BCUT2D eigenvalue weighted by atomic mass is 10.1. The van der Waals surface area contributed by atoms with Crippen LogP contribution in [0.1, 0.15) is 38.2 Å². The average Bonchev–Trinajstić information content (AvgIpc) is 2.72. The van der Waals surface area contributed by atoms with Crippen molar-refractivity contribution < 1.29 is 13.2 Å². The van der Waals surface area contributed by atoms with E-state index in [4.69, 9.17) is 4.74 Å². The van der Waals surface area contributed by atoms with E-state index in [1.54, 1.807) is 7.05 Å². The van der Waals surface area contributed by atoms with Crippen molar-refractivity contribution in [2.24, 2.45) is 4.99 Å². The summed E-state index contributed by atoms with van der Waals surface area (Å²) in [6, 6.07) is 10.7. The van der Waals surface area contributed by atoms with Gasteiger partial charge in [-0.1, -0.05) is 30.3 Å². The van der Waals surface area contributed by atoms with Gasteiger partial charge in [-0.15, -0.1) is 24.0 Å². The lowest BCUT2D eigenvalue weighted by Crippen LogP contribution is -2.43. The molecule has 1 aliphatic rings. The molecule has 0 radical (unpaired) electrons. The second-order valence-electron chi connectivity index (χ2n) is 8.15. The Labute approximate surface area is 205 Å². The summed E-state index contributed by atoms with van der Waals surface area (Å²) < 4.78 is 28.6. The zero-order valence-corrected chi connectivity index (χ0v) is 22.2. The van der Waals surface area contributed by atoms with Crippen LogP contribution in [0.25, 0.3) is 0 Å². The van der Waals surface area contributed by atoms with Gasteiger partial charge in [0.1, 0.15) is 9.84 Å². The van der Waals surface area contributed by atoms with Gasteiger partial charge in [-0.3, -0.25) is 9.89 Å². The van der Waals surface area contributed by atoms with Crippen LogP contribution >= 0.6 is 24.0 Å². The SMILES string of the molecule is CN=C(NCCCOC1CCN(Cc2ccccc2)CC1)NC(C)CCS(C)(=O)=O.I. The smallest absolute Gasteiger partial charge is 0.191 e. The zero-order chi connectivity index (χ0) is 21.8. The van der Waals surface area contributed by atoms with Gasteiger partial charge in [0.15, 0.2) is 5.96 Å². The van der Waals surface area contributed by atoms with Gasteiger partial charge in [0.25, 0.3) is 0 Å². The summed E-state index contributed by atoms with van der Waals surface area (Å²) in [5.41, 5.74) is 1.37. The summed E-state index contributed by atoms with van der Waals surface area (Å²) in [5, 5.41) is 6.50. The van der Waals surface area contributed by atoms with Gasteiger partial charge in [0.05, 0.1) is 11.9 Å². The number of benzene rings is 1. The Kier molecular flexibility index (Phi) is 13.6. The van der Waals surface area contributed by atoms with Crippen molar-refractivity contribution in [3.63, 3.8) is 0 Å². The van der Waals surface area contributed by atoms with E-state index in [9.17, 15) is 8.42 Å². The van der Waals surface area contributed by atoms with Gasteiger partial charge in [-0.25, -0.2) is 8.42 Å². The number of ether oxygens (including phenoxy) is 1. The molecule has 1 aromatic rings. The molecule has 31 heavy (non-hydrogen) atoms. The molecule has 0 bridgehead atoms. The number of sulfone groups is 1. The number of nitrogens with zero attached hydrogens (tertiary/aromatic N) is 2. The number of guanidine groups is 1. The van der Waals surface area contributed by atoms with Crippen molar-refractivity contribution in [2.45, 2.75) is 51.3 Å². The molecule has 0 aromatic heterocycles. The summed E-state index contributed by atoms with van der Waals surface area (Å²) in [4.78, 5) is 6.70. The molecule has 2 rings (SSSR count).